The van der Waals surface area contributed by atoms with Crippen molar-refractivity contribution < 1.29 is 14.4 Å². The second-order valence-corrected chi connectivity index (χ2v) is 8.09. The van der Waals surface area contributed by atoms with E-state index in [-0.39, 0.29) is 5.57 Å². The van der Waals surface area contributed by atoms with Crippen molar-refractivity contribution in [1.82, 2.24) is 5.32 Å². The Bertz CT molecular complexity index is 1390. The van der Waals surface area contributed by atoms with E-state index < -0.39 is 17.8 Å². The van der Waals surface area contributed by atoms with Gasteiger partial charge in [0.2, 0.25) is 0 Å². The van der Waals surface area contributed by atoms with Crippen molar-refractivity contribution >= 4 is 67.1 Å². The van der Waals surface area contributed by atoms with Gasteiger partial charge in [-0.25, -0.2) is 9.69 Å². The summed E-state index contributed by atoms with van der Waals surface area (Å²) in [5.41, 5.74) is 1.04. The zero-order chi connectivity index (χ0) is 21.5. The lowest BCUT2D eigenvalue weighted by Gasteiger charge is -2.26. The van der Waals surface area contributed by atoms with E-state index in [1.54, 1.807) is 30.3 Å². The van der Waals surface area contributed by atoms with Crippen LogP contribution in [0.1, 0.15) is 5.56 Å². The molecule has 6 heteroatoms. The fourth-order valence-corrected chi connectivity index (χ4v) is 4.24. The molecule has 1 aliphatic heterocycles. The number of hydrogen-bond acceptors (Lipinski definition) is 3. The molecule has 0 aromatic heterocycles. The molecule has 1 saturated heterocycles. The Labute approximate surface area is 186 Å². The van der Waals surface area contributed by atoms with E-state index in [9.17, 15) is 14.4 Å². The molecule has 0 atom stereocenters. The number of nitrogens with zero attached hydrogens (tertiary/aromatic N) is 1. The number of carbonyl (C=O) groups is 3. The quantitative estimate of drug-likeness (QED) is 0.241. The van der Waals surface area contributed by atoms with Crippen molar-refractivity contribution in [2.45, 2.75) is 0 Å². The lowest BCUT2D eigenvalue weighted by Crippen LogP contribution is -2.54. The van der Waals surface area contributed by atoms with Crippen molar-refractivity contribution in [3.8, 4) is 0 Å². The molecule has 1 N–H and O–H groups in total. The molecule has 4 aromatic rings. The molecule has 5 rings (SSSR count). The van der Waals surface area contributed by atoms with Gasteiger partial charge < -0.3 is 0 Å². The van der Waals surface area contributed by atoms with Gasteiger partial charge in [0, 0.05) is 4.47 Å². The predicted molar refractivity (Wildman–Crippen MR) is 125 cm³/mol. The molecule has 0 spiro atoms. The average Bonchev–Trinajstić information content (AvgIpc) is 2.76. The number of halogens is 1. The van der Waals surface area contributed by atoms with Crippen LogP contribution in [0.25, 0.3) is 27.6 Å². The van der Waals surface area contributed by atoms with Gasteiger partial charge in [-0.15, -0.1) is 0 Å². The van der Waals surface area contributed by atoms with Gasteiger partial charge in [0.25, 0.3) is 11.8 Å². The third-order valence-electron chi connectivity index (χ3n) is 5.27. The Kier molecular flexibility index (Phi) is 4.64. The number of fused-ring (bicyclic) bond motifs is 2. The first kappa shape index (κ1) is 19.2. The van der Waals surface area contributed by atoms with Gasteiger partial charge in [-0.1, -0.05) is 70.5 Å². The van der Waals surface area contributed by atoms with E-state index in [0.29, 0.717) is 10.2 Å². The summed E-state index contributed by atoms with van der Waals surface area (Å²) in [7, 11) is 0. The summed E-state index contributed by atoms with van der Waals surface area (Å²) >= 11 is 3.35. The lowest BCUT2D eigenvalue weighted by molar-refractivity contribution is -0.122. The third kappa shape index (κ3) is 3.31. The molecule has 150 valence electrons. The highest BCUT2D eigenvalue weighted by atomic mass is 79.9. The van der Waals surface area contributed by atoms with Crippen LogP contribution in [0.2, 0.25) is 0 Å². The Morgan fingerprint density at radius 3 is 2.06 bits per heavy atom. The van der Waals surface area contributed by atoms with Crippen LogP contribution in [0, 0.1) is 0 Å². The molecule has 5 nitrogen and oxygen atoms in total. The zero-order valence-electron chi connectivity index (χ0n) is 16.1. The van der Waals surface area contributed by atoms with E-state index in [1.165, 1.54) is 0 Å². The van der Waals surface area contributed by atoms with Gasteiger partial charge >= 0.3 is 6.03 Å². The fourth-order valence-electron chi connectivity index (χ4n) is 3.86. The van der Waals surface area contributed by atoms with Crippen molar-refractivity contribution in [1.29, 1.82) is 0 Å². The number of anilines is 1. The second-order valence-electron chi connectivity index (χ2n) is 7.17. The minimum Gasteiger partial charge on any atom is -0.273 e. The molecule has 1 heterocycles. The lowest BCUT2D eigenvalue weighted by atomic mass is 9.94. The third-order valence-corrected chi connectivity index (χ3v) is 5.76. The molecular formula is C25H15BrN2O3. The summed E-state index contributed by atoms with van der Waals surface area (Å²) in [6, 6.07) is 23.7. The Morgan fingerprint density at radius 1 is 0.774 bits per heavy atom. The number of benzene rings is 4. The summed E-state index contributed by atoms with van der Waals surface area (Å²) in [5, 5.41) is 6.12. The number of rotatable bonds is 2. The van der Waals surface area contributed by atoms with Crippen LogP contribution in [0.15, 0.2) is 88.9 Å². The predicted octanol–water partition coefficient (Wildman–Crippen LogP) is 5.42. The van der Waals surface area contributed by atoms with Crippen LogP contribution in [0.4, 0.5) is 10.5 Å². The van der Waals surface area contributed by atoms with Crippen molar-refractivity contribution in [3.63, 3.8) is 0 Å². The molecule has 1 aliphatic rings. The number of hydrogen-bond donors (Lipinski definition) is 1. The van der Waals surface area contributed by atoms with Crippen LogP contribution in [-0.4, -0.2) is 17.8 Å². The summed E-state index contributed by atoms with van der Waals surface area (Å²) in [6.07, 6.45) is 1.58. The smallest absolute Gasteiger partial charge is 0.273 e. The van der Waals surface area contributed by atoms with E-state index in [2.05, 4.69) is 27.3 Å². The molecule has 1 fully saturated rings. The molecule has 0 unspecified atom stereocenters. The maximum atomic E-state index is 13.3. The minimum atomic E-state index is -0.770. The highest BCUT2D eigenvalue weighted by Gasteiger charge is 2.37. The largest absolute Gasteiger partial charge is 0.335 e. The van der Waals surface area contributed by atoms with E-state index >= 15 is 0 Å². The Morgan fingerprint density at radius 2 is 1.42 bits per heavy atom. The van der Waals surface area contributed by atoms with Crippen LogP contribution >= 0.6 is 15.9 Å². The van der Waals surface area contributed by atoms with E-state index in [1.807, 2.05) is 48.5 Å². The summed E-state index contributed by atoms with van der Waals surface area (Å²) < 4.78 is 0.716. The van der Waals surface area contributed by atoms with Crippen molar-refractivity contribution in [3.05, 3.63) is 94.5 Å². The maximum Gasteiger partial charge on any atom is 0.335 e. The first-order valence-electron chi connectivity index (χ1n) is 9.60. The molecule has 0 bridgehead atoms. The van der Waals surface area contributed by atoms with Gasteiger partial charge in [0.15, 0.2) is 0 Å². The molecule has 0 saturated carbocycles. The fraction of sp³-hybridized carbons (Fsp3) is 0. The van der Waals surface area contributed by atoms with E-state index in [0.717, 1.165) is 32.0 Å². The van der Waals surface area contributed by atoms with Crippen LogP contribution in [0.3, 0.4) is 0 Å². The molecule has 4 aromatic carbocycles. The number of amides is 4. The SMILES string of the molecule is O=C1NC(=O)N(c2cccc(Br)c2)C(=O)/C1=C\c1c2ccccc2cc2ccccc12. The van der Waals surface area contributed by atoms with Crippen LogP contribution in [-0.2, 0) is 9.59 Å². The van der Waals surface area contributed by atoms with Crippen molar-refractivity contribution in [2.24, 2.45) is 0 Å². The van der Waals surface area contributed by atoms with Crippen molar-refractivity contribution in [2.75, 3.05) is 4.90 Å². The van der Waals surface area contributed by atoms with Gasteiger partial charge in [-0.3, -0.25) is 14.9 Å². The molecule has 0 radical (unpaired) electrons. The highest BCUT2D eigenvalue weighted by molar-refractivity contribution is 9.10. The highest BCUT2D eigenvalue weighted by Crippen LogP contribution is 2.32. The first-order valence-corrected chi connectivity index (χ1v) is 10.4. The summed E-state index contributed by atoms with van der Waals surface area (Å²) in [6.45, 7) is 0. The monoisotopic (exact) mass is 470 g/mol. The summed E-state index contributed by atoms with van der Waals surface area (Å²) in [4.78, 5) is 39.4. The van der Waals surface area contributed by atoms with Gasteiger partial charge in [0.1, 0.15) is 5.57 Å². The van der Waals surface area contributed by atoms with Gasteiger partial charge in [-0.05, 0) is 57.4 Å². The Balaban J connectivity index is 1.73. The number of carbonyl (C=O) groups excluding carboxylic acids is 3. The number of urea groups is 1. The molecule has 0 aliphatic carbocycles. The minimum absolute atomic E-state index is 0.0962. The summed E-state index contributed by atoms with van der Waals surface area (Å²) in [5.74, 6) is -1.37. The van der Waals surface area contributed by atoms with E-state index in [4.69, 9.17) is 0 Å². The van der Waals surface area contributed by atoms with Crippen LogP contribution in [0.5, 0.6) is 0 Å². The van der Waals surface area contributed by atoms with Gasteiger partial charge in [0.05, 0.1) is 5.69 Å². The average molecular weight is 471 g/mol. The number of nitrogens with one attached hydrogen (secondary N) is 1. The molecule has 31 heavy (non-hydrogen) atoms. The van der Waals surface area contributed by atoms with Crippen LogP contribution < -0.4 is 10.2 Å². The first-order chi connectivity index (χ1) is 15.0. The maximum absolute atomic E-state index is 13.3. The molecular weight excluding hydrogens is 456 g/mol. The van der Waals surface area contributed by atoms with Gasteiger partial charge in [-0.2, -0.15) is 0 Å². The number of imide groups is 2. The normalized spacial score (nSPS) is 15.7. The topological polar surface area (TPSA) is 66.5 Å². The Hall–Kier alpha value is -3.77. The zero-order valence-corrected chi connectivity index (χ0v) is 17.7. The standard InChI is InChI=1S/C25H15BrN2O3/c26-17-8-5-9-18(13-17)28-24(30)22(23(29)27-25(28)31)14-21-19-10-3-1-6-15(19)12-16-7-2-4-11-20(16)21/h1-14H,(H,27,29,31)/b22-14-. The second kappa shape index (κ2) is 7.49. The number of barbiturate groups is 1. The molecule has 4 amide bonds.